The van der Waals surface area contributed by atoms with Crippen LogP contribution in [0.15, 0.2) is 18.3 Å². The van der Waals surface area contributed by atoms with Crippen LogP contribution in [0.2, 0.25) is 0 Å². The van der Waals surface area contributed by atoms with Crippen LogP contribution in [-0.2, 0) is 0 Å². The van der Waals surface area contributed by atoms with Gasteiger partial charge >= 0.3 is 5.97 Å². The molecule has 0 spiro atoms. The third-order valence-electron chi connectivity index (χ3n) is 2.80. The minimum Gasteiger partial charge on any atom is -0.477 e. The number of hydrogen-bond donors (Lipinski definition) is 1. The van der Waals surface area contributed by atoms with Gasteiger partial charge in [0.2, 0.25) is 0 Å². The predicted octanol–water partition coefficient (Wildman–Crippen LogP) is 1.56. The number of aromatic carboxylic acids is 1. The van der Waals surface area contributed by atoms with Crippen LogP contribution in [0.3, 0.4) is 0 Å². The van der Waals surface area contributed by atoms with E-state index in [2.05, 4.69) is 28.6 Å². The Bertz CT molecular complexity index is 407. The largest absolute Gasteiger partial charge is 0.477 e. The van der Waals surface area contributed by atoms with Gasteiger partial charge in [-0.3, -0.25) is 0 Å². The number of carbonyl (C=O) groups is 1. The van der Waals surface area contributed by atoms with Gasteiger partial charge in [-0.2, -0.15) is 0 Å². The Morgan fingerprint density at radius 3 is 2.67 bits per heavy atom. The lowest BCUT2D eigenvalue weighted by atomic mass is 10.2. The predicted molar refractivity (Wildman–Crippen MR) is 72.2 cm³/mol. The summed E-state index contributed by atoms with van der Waals surface area (Å²) in [6, 6.07) is 3.79. The molecule has 5 nitrogen and oxygen atoms in total. The second-order valence-electron chi connectivity index (χ2n) is 4.60. The molecular weight excluding hydrogens is 230 g/mol. The van der Waals surface area contributed by atoms with E-state index in [1.807, 2.05) is 20.2 Å². The van der Waals surface area contributed by atoms with E-state index in [0.717, 1.165) is 18.8 Å². The molecule has 1 atom stereocenters. The Balaban J connectivity index is 2.94. The van der Waals surface area contributed by atoms with Gasteiger partial charge in [-0.25, -0.2) is 9.78 Å². The van der Waals surface area contributed by atoms with Crippen molar-refractivity contribution in [2.24, 2.45) is 0 Å². The Hall–Kier alpha value is -1.62. The second-order valence-corrected chi connectivity index (χ2v) is 4.60. The zero-order chi connectivity index (χ0) is 13.7. The number of carboxylic acid groups (broad SMARTS) is 1. The minimum absolute atomic E-state index is 0.0861. The zero-order valence-corrected chi connectivity index (χ0v) is 11.4. The van der Waals surface area contributed by atoms with E-state index in [1.165, 1.54) is 0 Å². The fourth-order valence-corrected chi connectivity index (χ4v) is 2.09. The van der Waals surface area contributed by atoms with Crippen molar-refractivity contribution in [3.05, 3.63) is 24.0 Å². The van der Waals surface area contributed by atoms with Gasteiger partial charge in [0.1, 0.15) is 5.69 Å². The van der Waals surface area contributed by atoms with Crippen LogP contribution in [0.5, 0.6) is 0 Å². The van der Waals surface area contributed by atoms with Gasteiger partial charge < -0.3 is 14.9 Å². The molecule has 0 radical (unpaired) electrons. The molecular formula is C13H21N3O2. The molecule has 1 heterocycles. The molecule has 1 N–H and O–H groups in total. The molecule has 0 amide bonds. The maximum atomic E-state index is 10.9. The number of nitrogens with zero attached hydrogens (tertiary/aromatic N) is 3. The van der Waals surface area contributed by atoms with Gasteiger partial charge in [-0.15, -0.1) is 0 Å². The van der Waals surface area contributed by atoms with Crippen molar-refractivity contribution in [3.8, 4) is 0 Å². The van der Waals surface area contributed by atoms with E-state index in [1.54, 1.807) is 12.3 Å². The Kier molecular flexibility index (Phi) is 5.09. The van der Waals surface area contributed by atoms with Crippen molar-refractivity contribution in [1.29, 1.82) is 0 Å². The number of rotatable bonds is 6. The van der Waals surface area contributed by atoms with E-state index in [4.69, 9.17) is 5.11 Å². The standard InChI is InChI=1S/C13H21N3O2/c1-5-16(10(2)9-15(3)4)11-6-7-14-12(8-11)13(17)18/h6-8,10H,5,9H2,1-4H3,(H,17,18). The van der Waals surface area contributed by atoms with Crippen molar-refractivity contribution in [3.63, 3.8) is 0 Å². The molecule has 1 rings (SSSR count). The fraction of sp³-hybridized carbons (Fsp3) is 0.538. The van der Waals surface area contributed by atoms with Gasteiger partial charge in [-0.1, -0.05) is 0 Å². The number of carboxylic acids is 1. The molecule has 0 saturated carbocycles. The molecule has 0 aliphatic carbocycles. The van der Waals surface area contributed by atoms with Gasteiger partial charge in [-0.05, 0) is 40.1 Å². The molecule has 0 aliphatic rings. The van der Waals surface area contributed by atoms with E-state index in [9.17, 15) is 4.79 Å². The SMILES string of the molecule is CCN(c1ccnc(C(=O)O)c1)C(C)CN(C)C. The quantitative estimate of drug-likeness (QED) is 0.831. The number of anilines is 1. The highest BCUT2D eigenvalue weighted by Crippen LogP contribution is 2.17. The van der Waals surface area contributed by atoms with Crippen LogP contribution in [-0.4, -0.2) is 54.2 Å². The molecule has 0 aromatic carbocycles. The summed E-state index contributed by atoms with van der Waals surface area (Å²) in [7, 11) is 4.05. The lowest BCUT2D eigenvalue weighted by Crippen LogP contribution is -2.40. The molecule has 0 bridgehead atoms. The maximum Gasteiger partial charge on any atom is 0.354 e. The van der Waals surface area contributed by atoms with Crippen molar-refractivity contribution in [1.82, 2.24) is 9.88 Å². The second kappa shape index (κ2) is 6.35. The summed E-state index contributed by atoms with van der Waals surface area (Å²) in [5.74, 6) is -0.992. The van der Waals surface area contributed by atoms with Gasteiger partial charge in [0.05, 0.1) is 0 Å². The van der Waals surface area contributed by atoms with Crippen LogP contribution >= 0.6 is 0 Å². The first kappa shape index (κ1) is 14.4. The highest BCUT2D eigenvalue weighted by Gasteiger charge is 2.15. The summed E-state index contributed by atoms with van der Waals surface area (Å²) < 4.78 is 0. The molecule has 18 heavy (non-hydrogen) atoms. The van der Waals surface area contributed by atoms with Crippen molar-refractivity contribution >= 4 is 11.7 Å². The maximum absolute atomic E-state index is 10.9. The normalized spacial score (nSPS) is 12.5. The first-order valence-electron chi connectivity index (χ1n) is 6.06. The van der Waals surface area contributed by atoms with Gasteiger partial charge in [0.15, 0.2) is 0 Å². The van der Waals surface area contributed by atoms with Crippen LogP contribution in [0.25, 0.3) is 0 Å². The third kappa shape index (κ3) is 3.70. The molecule has 1 aromatic rings. The molecule has 0 aliphatic heterocycles. The molecule has 0 saturated heterocycles. The lowest BCUT2D eigenvalue weighted by Gasteiger charge is -2.32. The topological polar surface area (TPSA) is 56.7 Å². The molecule has 100 valence electrons. The van der Waals surface area contributed by atoms with Gasteiger partial charge in [0, 0.05) is 31.0 Å². The van der Waals surface area contributed by atoms with Crippen LogP contribution in [0, 0.1) is 0 Å². The first-order valence-corrected chi connectivity index (χ1v) is 6.06. The summed E-state index contributed by atoms with van der Waals surface area (Å²) in [6.07, 6.45) is 1.55. The van der Waals surface area contributed by atoms with E-state index in [0.29, 0.717) is 6.04 Å². The van der Waals surface area contributed by atoms with Crippen LogP contribution < -0.4 is 4.90 Å². The fourth-order valence-electron chi connectivity index (χ4n) is 2.09. The average Bonchev–Trinajstić information content (AvgIpc) is 2.29. The smallest absolute Gasteiger partial charge is 0.354 e. The van der Waals surface area contributed by atoms with Crippen molar-refractivity contribution in [2.45, 2.75) is 19.9 Å². The van der Waals surface area contributed by atoms with Crippen molar-refractivity contribution in [2.75, 3.05) is 32.1 Å². The van der Waals surface area contributed by atoms with Crippen LogP contribution in [0.4, 0.5) is 5.69 Å². The summed E-state index contributed by atoms with van der Waals surface area (Å²) in [5, 5.41) is 8.96. The summed E-state index contributed by atoms with van der Waals surface area (Å²) >= 11 is 0. The lowest BCUT2D eigenvalue weighted by molar-refractivity contribution is 0.0690. The molecule has 1 aromatic heterocycles. The van der Waals surface area contributed by atoms with E-state index < -0.39 is 5.97 Å². The summed E-state index contributed by atoms with van der Waals surface area (Å²) in [6.45, 7) is 5.94. The van der Waals surface area contributed by atoms with E-state index in [-0.39, 0.29) is 5.69 Å². The molecule has 5 heteroatoms. The van der Waals surface area contributed by atoms with Crippen LogP contribution in [0.1, 0.15) is 24.3 Å². The van der Waals surface area contributed by atoms with Crippen molar-refractivity contribution < 1.29 is 9.90 Å². The highest BCUT2D eigenvalue weighted by molar-refractivity contribution is 5.86. The Labute approximate surface area is 108 Å². The van der Waals surface area contributed by atoms with Gasteiger partial charge in [0.25, 0.3) is 0 Å². The Morgan fingerprint density at radius 2 is 2.17 bits per heavy atom. The number of pyridine rings is 1. The Morgan fingerprint density at radius 1 is 1.50 bits per heavy atom. The minimum atomic E-state index is -0.992. The number of hydrogen-bond acceptors (Lipinski definition) is 4. The first-order chi connectivity index (χ1) is 8.45. The van der Waals surface area contributed by atoms with E-state index >= 15 is 0 Å². The summed E-state index contributed by atoms with van der Waals surface area (Å²) in [5.41, 5.74) is 0.988. The summed E-state index contributed by atoms with van der Waals surface area (Å²) in [4.78, 5) is 19.1. The highest BCUT2D eigenvalue weighted by atomic mass is 16.4. The number of likely N-dealkylation sites (N-methyl/N-ethyl adjacent to an activating group) is 2. The third-order valence-corrected chi connectivity index (χ3v) is 2.80. The number of aromatic nitrogens is 1. The molecule has 1 unspecified atom stereocenters. The molecule has 0 fully saturated rings. The average molecular weight is 251 g/mol. The zero-order valence-electron chi connectivity index (χ0n) is 11.4. The monoisotopic (exact) mass is 251 g/mol.